The van der Waals surface area contributed by atoms with Crippen LogP contribution in [-0.4, -0.2) is 55.4 Å². The van der Waals surface area contributed by atoms with E-state index in [1.54, 1.807) is 6.07 Å². The fraction of sp³-hybridized carbons (Fsp3) is 0.333. The first-order valence-electron chi connectivity index (χ1n) is 7.44. The van der Waals surface area contributed by atoms with Gasteiger partial charge in [-0.05, 0) is 12.1 Å². The van der Waals surface area contributed by atoms with E-state index in [9.17, 15) is 16.8 Å². The molecule has 0 saturated heterocycles. The molecule has 2 aromatic rings. The molecule has 0 atom stereocenters. The highest BCUT2D eigenvalue weighted by Crippen LogP contribution is 2.28. The molecule has 0 unspecified atom stereocenters. The van der Waals surface area contributed by atoms with Crippen LogP contribution in [0, 0.1) is 0 Å². The van der Waals surface area contributed by atoms with Crippen LogP contribution in [0.25, 0.3) is 10.8 Å². The Bertz CT molecular complexity index is 942. The summed E-state index contributed by atoms with van der Waals surface area (Å²) in [6.07, 6.45) is 0. The minimum Gasteiger partial charge on any atom is -0.395 e. The first-order chi connectivity index (χ1) is 11.8. The van der Waals surface area contributed by atoms with Gasteiger partial charge in [0.05, 0.1) is 23.0 Å². The molecule has 0 aromatic heterocycles. The summed E-state index contributed by atoms with van der Waals surface area (Å²) in [5.41, 5.74) is 0. The third kappa shape index (κ3) is 4.54. The summed E-state index contributed by atoms with van der Waals surface area (Å²) in [5.74, 6) is 0. The lowest BCUT2D eigenvalue weighted by Gasteiger charge is -2.12. The molecule has 3 N–H and O–H groups in total. The predicted octanol–water partition coefficient (Wildman–Crippen LogP) is 0.0351. The van der Waals surface area contributed by atoms with Crippen molar-refractivity contribution >= 4 is 30.8 Å². The lowest BCUT2D eigenvalue weighted by molar-refractivity contribution is 0.204. The fourth-order valence-electron chi connectivity index (χ4n) is 2.33. The molecule has 0 fully saturated rings. The van der Waals surface area contributed by atoms with Crippen LogP contribution >= 0.6 is 0 Å². The van der Waals surface area contributed by atoms with Gasteiger partial charge < -0.3 is 9.84 Å². The van der Waals surface area contributed by atoms with E-state index in [4.69, 9.17) is 9.84 Å². The lowest BCUT2D eigenvalue weighted by atomic mass is 10.1. The molecule has 25 heavy (non-hydrogen) atoms. The maximum absolute atomic E-state index is 12.5. The van der Waals surface area contributed by atoms with Gasteiger partial charge in [-0.2, -0.15) is 0 Å². The second kappa shape index (κ2) is 8.21. The SMILES string of the molecule is COCCNS(=O)(=O)c1cccc2c(S(=O)(=O)NCCO)cccc12. The molecule has 2 aromatic carbocycles. The van der Waals surface area contributed by atoms with Crippen LogP contribution in [0.4, 0.5) is 0 Å². The Labute approximate surface area is 146 Å². The second-order valence-electron chi connectivity index (χ2n) is 5.12. The summed E-state index contributed by atoms with van der Waals surface area (Å²) < 4.78 is 59.2. The number of hydrogen-bond acceptors (Lipinski definition) is 6. The van der Waals surface area contributed by atoms with Gasteiger partial charge in [0.2, 0.25) is 20.0 Å². The van der Waals surface area contributed by atoms with Gasteiger partial charge in [-0.15, -0.1) is 0 Å². The van der Waals surface area contributed by atoms with Gasteiger partial charge >= 0.3 is 0 Å². The van der Waals surface area contributed by atoms with Crippen LogP contribution in [0.5, 0.6) is 0 Å². The molecule has 0 aliphatic carbocycles. The number of aliphatic hydroxyl groups is 1. The van der Waals surface area contributed by atoms with Crippen molar-refractivity contribution in [2.75, 3.05) is 33.4 Å². The molecular weight excluding hydrogens is 368 g/mol. The largest absolute Gasteiger partial charge is 0.395 e. The third-order valence-corrected chi connectivity index (χ3v) is 6.46. The van der Waals surface area contributed by atoms with Crippen molar-refractivity contribution in [3.05, 3.63) is 36.4 Å². The Morgan fingerprint density at radius 3 is 1.80 bits per heavy atom. The Hall–Kier alpha value is -1.56. The van der Waals surface area contributed by atoms with Crippen molar-refractivity contribution in [3.8, 4) is 0 Å². The summed E-state index contributed by atoms with van der Waals surface area (Å²) in [4.78, 5) is -0.0623. The van der Waals surface area contributed by atoms with E-state index in [1.807, 2.05) is 0 Å². The minimum atomic E-state index is -3.88. The molecule has 0 aliphatic heterocycles. The first-order valence-corrected chi connectivity index (χ1v) is 10.4. The number of hydrogen-bond donors (Lipinski definition) is 3. The molecule has 0 aliphatic rings. The van der Waals surface area contributed by atoms with Crippen molar-refractivity contribution in [3.63, 3.8) is 0 Å². The number of rotatable bonds is 9. The standard InChI is InChI=1S/C15H20N2O6S2/c1-23-11-9-17-25(21,22)15-7-3-4-12-13(15)5-2-6-14(12)24(19,20)16-8-10-18/h2-7,16-18H,8-11H2,1H3. The monoisotopic (exact) mass is 388 g/mol. The first kappa shape index (κ1) is 19.8. The smallest absolute Gasteiger partial charge is 0.241 e. The maximum atomic E-state index is 12.5. The Balaban J connectivity index is 2.55. The number of fused-ring (bicyclic) bond motifs is 1. The van der Waals surface area contributed by atoms with Crippen LogP contribution in [0.15, 0.2) is 46.2 Å². The van der Waals surface area contributed by atoms with E-state index in [0.717, 1.165) is 0 Å². The zero-order valence-corrected chi connectivity index (χ0v) is 15.2. The molecule has 0 spiro atoms. The van der Waals surface area contributed by atoms with Gasteiger partial charge in [0.15, 0.2) is 0 Å². The van der Waals surface area contributed by atoms with Crippen molar-refractivity contribution in [2.24, 2.45) is 0 Å². The van der Waals surface area contributed by atoms with Crippen LogP contribution in [0.3, 0.4) is 0 Å². The van der Waals surface area contributed by atoms with Gasteiger partial charge in [0.25, 0.3) is 0 Å². The molecule has 138 valence electrons. The molecule has 0 radical (unpaired) electrons. The van der Waals surface area contributed by atoms with E-state index in [2.05, 4.69) is 9.44 Å². The number of methoxy groups -OCH3 is 1. The van der Waals surface area contributed by atoms with E-state index >= 15 is 0 Å². The van der Waals surface area contributed by atoms with Gasteiger partial charge in [-0.25, -0.2) is 26.3 Å². The van der Waals surface area contributed by atoms with Crippen molar-refractivity contribution in [1.82, 2.24) is 9.44 Å². The van der Waals surface area contributed by atoms with Crippen LogP contribution in [0.2, 0.25) is 0 Å². The number of sulfonamides is 2. The zero-order valence-electron chi connectivity index (χ0n) is 13.6. The van der Waals surface area contributed by atoms with Crippen LogP contribution < -0.4 is 9.44 Å². The summed E-state index contributed by atoms with van der Waals surface area (Å²) in [6.45, 7) is -0.150. The Morgan fingerprint density at radius 2 is 1.36 bits per heavy atom. The van der Waals surface area contributed by atoms with E-state index in [0.29, 0.717) is 5.39 Å². The highest BCUT2D eigenvalue weighted by Gasteiger charge is 2.21. The van der Waals surface area contributed by atoms with E-state index < -0.39 is 20.0 Å². The quantitative estimate of drug-likeness (QED) is 0.521. The van der Waals surface area contributed by atoms with Crippen molar-refractivity contribution < 1.29 is 26.7 Å². The molecule has 2 rings (SSSR count). The molecule has 10 heteroatoms. The molecule has 0 bridgehead atoms. The van der Waals surface area contributed by atoms with E-state index in [1.165, 1.54) is 37.4 Å². The number of benzene rings is 2. The van der Waals surface area contributed by atoms with Crippen molar-refractivity contribution in [1.29, 1.82) is 0 Å². The number of nitrogens with one attached hydrogen (secondary N) is 2. The third-order valence-electron chi connectivity index (χ3n) is 3.42. The van der Waals surface area contributed by atoms with Gasteiger partial charge in [0.1, 0.15) is 0 Å². The summed E-state index contributed by atoms with van der Waals surface area (Å²) in [5, 5.41) is 9.39. The maximum Gasteiger partial charge on any atom is 0.241 e. The summed E-state index contributed by atoms with van der Waals surface area (Å²) in [7, 11) is -6.24. The number of ether oxygens (including phenoxy) is 1. The molecule has 8 nitrogen and oxygen atoms in total. The average Bonchev–Trinajstić information content (AvgIpc) is 2.59. The zero-order chi connectivity index (χ0) is 18.5. The average molecular weight is 388 g/mol. The Kier molecular flexibility index (Phi) is 6.49. The lowest BCUT2D eigenvalue weighted by Crippen LogP contribution is -2.28. The Morgan fingerprint density at radius 1 is 0.880 bits per heavy atom. The molecule has 0 heterocycles. The summed E-state index contributed by atoms with van der Waals surface area (Å²) in [6, 6.07) is 8.84. The molecule has 0 amide bonds. The normalized spacial score (nSPS) is 12.6. The van der Waals surface area contributed by atoms with Gasteiger partial charge in [0, 0.05) is 31.0 Å². The van der Waals surface area contributed by atoms with Crippen LogP contribution in [0.1, 0.15) is 0 Å². The molecular formula is C15H20N2O6S2. The predicted molar refractivity (Wildman–Crippen MR) is 93.3 cm³/mol. The molecule has 0 saturated carbocycles. The topological polar surface area (TPSA) is 122 Å². The fourth-order valence-corrected chi connectivity index (χ4v) is 4.81. The highest BCUT2D eigenvalue weighted by atomic mass is 32.2. The van der Waals surface area contributed by atoms with Crippen LogP contribution in [-0.2, 0) is 24.8 Å². The summed E-state index contributed by atoms with van der Waals surface area (Å²) >= 11 is 0. The van der Waals surface area contributed by atoms with Gasteiger partial charge in [-0.3, -0.25) is 0 Å². The second-order valence-corrected chi connectivity index (χ2v) is 8.59. The minimum absolute atomic E-state index is 0.0136. The van der Waals surface area contributed by atoms with Crippen molar-refractivity contribution in [2.45, 2.75) is 9.79 Å². The van der Waals surface area contributed by atoms with E-state index in [-0.39, 0.29) is 41.5 Å². The number of aliphatic hydroxyl groups excluding tert-OH is 1. The highest BCUT2D eigenvalue weighted by molar-refractivity contribution is 7.90. The van der Waals surface area contributed by atoms with Gasteiger partial charge in [-0.1, -0.05) is 24.3 Å².